The first-order valence-corrected chi connectivity index (χ1v) is 41.1. The van der Waals surface area contributed by atoms with E-state index in [1.54, 1.807) is 5.92 Å². The Morgan fingerprint density at radius 3 is 1.02 bits per heavy atom. The van der Waals surface area contributed by atoms with Gasteiger partial charge in [-0.1, -0.05) is 50.9 Å². The maximum Gasteiger partial charge on any atom is 0.458 e. The van der Waals surface area contributed by atoms with E-state index >= 15 is 0 Å². The van der Waals surface area contributed by atoms with E-state index in [4.69, 9.17) is 38.1 Å². The lowest BCUT2D eigenvalue weighted by atomic mass is 10.4. The Hall–Kier alpha value is -1.22. The number of terminal acetylenes is 1. The summed E-state index contributed by atoms with van der Waals surface area (Å²) in [5.41, 5.74) is 0. The maximum absolute atomic E-state index is 12.6. The minimum absolute atomic E-state index is 0.208. The molecule has 0 aliphatic carbocycles. The number of nitrogens with one attached hydrogen (secondary N) is 8. The first kappa shape index (κ1) is 102. The third kappa shape index (κ3) is 104. The van der Waals surface area contributed by atoms with Crippen LogP contribution in [-0.2, 0) is 146 Å². The molecule has 46 nitrogen and oxygen atoms in total. The van der Waals surface area contributed by atoms with Crippen molar-refractivity contribution in [2.45, 2.75) is 26.1 Å². The lowest BCUT2D eigenvalue weighted by Gasteiger charge is -2.17. The highest BCUT2D eigenvalue weighted by Crippen LogP contribution is 2.48. The van der Waals surface area contributed by atoms with Crippen molar-refractivity contribution in [3.63, 3.8) is 0 Å². The van der Waals surface area contributed by atoms with Crippen LogP contribution in [0.1, 0.15) is 13.8 Å². The largest absolute Gasteiger partial charge is 0.458 e. The molecule has 74 heteroatoms. The van der Waals surface area contributed by atoms with Crippen LogP contribution in [0.3, 0.4) is 0 Å². The molecule has 0 bridgehead atoms. The van der Waals surface area contributed by atoms with Crippen molar-refractivity contribution in [3.8, 4) is 12.3 Å². The van der Waals surface area contributed by atoms with Gasteiger partial charge in [-0.15, -0.1) is 46.9 Å². The normalized spacial score (nSPS) is 17.6. The molecule has 16 N–H and O–H groups in total. The van der Waals surface area contributed by atoms with Gasteiger partial charge in [-0.3, -0.25) is 31.1 Å². The lowest BCUT2D eigenvalue weighted by molar-refractivity contribution is -0.190. The van der Waals surface area contributed by atoms with Gasteiger partial charge in [-0.25, -0.2) is 44.6 Å². The van der Waals surface area contributed by atoms with Crippen LogP contribution in [0.15, 0.2) is 12.7 Å². The highest BCUT2D eigenvalue weighted by Gasteiger charge is 2.43. The second kappa shape index (κ2) is 40.1. The molecule has 0 aliphatic rings. The SMILES string of the molecule is C#CCOS(=O)(=O)NP(=O)(O)F.C=CCOS(=O)(=O)NP(=O)(O)F.CC(OP(=O)(F)NS(=O)(=O)O)C(F)(F)F.CCOP(=O)(F)NS(=O)(=O)O.COS(=O)(=O)NP(=O)(O)F.CS(=O)(=O)NP(=O)(O)F.O=P(O)(F)NS(=O)(=O)F.O=S(=O)(O)NS(=O)(=O)F. The monoisotopic (exact) mass is 1650 g/mol. The smallest absolute Gasteiger partial charge is 0.309 e. The Kier molecular flexibility index (Phi) is 47.0. The van der Waals surface area contributed by atoms with Crippen molar-refractivity contribution in [3.05, 3.63) is 12.7 Å². The van der Waals surface area contributed by atoms with Crippen LogP contribution in [0, 0.1) is 12.3 Å². The molecule has 532 valence electrons. The van der Waals surface area contributed by atoms with E-state index in [0.717, 1.165) is 35.6 Å². The summed E-state index contributed by atoms with van der Waals surface area (Å²) in [4.78, 5) is 38.9. The number of sulfonamides is 1. The summed E-state index contributed by atoms with van der Waals surface area (Å²) < 4.78 is 434. The van der Waals surface area contributed by atoms with Gasteiger partial charge in [0.15, 0.2) is 6.10 Å². The van der Waals surface area contributed by atoms with Crippen molar-refractivity contribution in [2.24, 2.45) is 0 Å². The van der Waals surface area contributed by atoms with Crippen molar-refractivity contribution in [1.82, 2.24) is 35.6 Å². The average Bonchev–Trinajstić information content (AvgIpc) is 3.08. The fourth-order valence-electron chi connectivity index (χ4n) is 1.97. The Labute approximate surface area is 482 Å². The fourth-order valence-corrected chi connectivity index (χ4v) is 13.7. The number of alkyl halides is 3. The van der Waals surface area contributed by atoms with Crippen LogP contribution < -0.4 is 35.6 Å². The maximum atomic E-state index is 12.6. The summed E-state index contributed by atoms with van der Waals surface area (Å²) in [6.45, 7) is 3.43. The van der Waals surface area contributed by atoms with E-state index in [2.05, 4.69) is 34.6 Å². The van der Waals surface area contributed by atoms with Gasteiger partial charge in [0, 0.05) is 0 Å². The van der Waals surface area contributed by atoms with Gasteiger partial charge in [0.1, 0.15) is 6.61 Å². The molecule has 0 saturated carbocycles. The molecular formula is C13H39F12N8O38P7S9. The molecule has 0 amide bonds. The fraction of sp³-hybridized carbons (Fsp3) is 0.692. The van der Waals surface area contributed by atoms with Gasteiger partial charge in [0.05, 0.1) is 26.6 Å². The van der Waals surface area contributed by atoms with Crippen LogP contribution in [0.2, 0.25) is 0 Å². The van der Waals surface area contributed by atoms with Crippen LogP contribution in [0.4, 0.5) is 50.3 Å². The molecule has 0 aromatic heterocycles. The average molecular weight is 1650 g/mol. The van der Waals surface area contributed by atoms with Crippen LogP contribution in [-0.4, -0.2) is 159 Å². The zero-order valence-corrected chi connectivity index (χ0v) is 54.3. The van der Waals surface area contributed by atoms with E-state index in [1.165, 1.54) is 6.92 Å². The Balaban J connectivity index is -0.000000137. The molecule has 0 radical (unpaired) electrons. The summed E-state index contributed by atoms with van der Waals surface area (Å²) in [5.74, 6) is 1.77. The molecule has 87 heavy (non-hydrogen) atoms. The topological polar surface area (TPSA) is 731 Å². The third-order valence-electron chi connectivity index (χ3n) is 3.73. The summed E-state index contributed by atoms with van der Waals surface area (Å²) in [6, 6.07) is 0. The van der Waals surface area contributed by atoms with Crippen LogP contribution in [0.5, 0.6) is 0 Å². The van der Waals surface area contributed by atoms with Crippen molar-refractivity contribution < 1.29 is 218 Å². The van der Waals surface area contributed by atoms with Crippen molar-refractivity contribution in [2.75, 3.05) is 33.2 Å². The first-order chi connectivity index (χ1) is 37.0. The van der Waals surface area contributed by atoms with E-state index in [-0.39, 0.29) is 11.1 Å². The quantitative estimate of drug-likeness (QED) is 0.0125. The third-order valence-corrected chi connectivity index (χ3v) is 20.8. The molecule has 0 spiro atoms. The van der Waals surface area contributed by atoms with E-state index in [9.17, 15) is 158 Å². The summed E-state index contributed by atoms with van der Waals surface area (Å²) in [6.07, 6.45) is -1.53. The number of rotatable bonds is 26. The van der Waals surface area contributed by atoms with Gasteiger partial charge in [0.25, 0.3) is 0 Å². The highest BCUT2D eigenvalue weighted by atomic mass is 32.3. The predicted molar refractivity (Wildman–Crippen MR) is 260 cm³/mol. The first-order valence-electron chi connectivity index (χ1n) is 17.1. The molecule has 0 fully saturated rings. The highest BCUT2D eigenvalue weighted by molar-refractivity contribution is 7.99. The number of halogens is 12. The van der Waals surface area contributed by atoms with Gasteiger partial charge >= 0.3 is 144 Å². The molecule has 0 heterocycles. The summed E-state index contributed by atoms with van der Waals surface area (Å²) in [7, 11) is -79.8. The minimum atomic E-state index is -5.77. The molecule has 8 unspecified atom stereocenters. The van der Waals surface area contributed by atoms with E-state index < -0.39 is 173 Å². The van der Waals surface area contributed by atoms with E-state index in [0.29, 0.717) is 21.8 Å². The zero-order chi connectivity index (χ0) is 72.8. The number of hydrogen-bond acceptors (Lipinski definition) is 30. The molecule has 0 saturated heterocycles. The van der Waals surface area contributed by atoms with Crippen LogP contribution in [0.25, 0.3) is 0 Å². The molecule has 0 aromatic carbocycles. The Morgan fingerprint density at radius 1 is 0.540 bits per heavy atom. The second-order valence-electron chi connectivity index (χ2n) is 11.5. The predicted octanol–water partition coefficient (Wildman–Crippen LogP) is -0.854. The minimum Gasteiger partial charge on any atom is -0.309 e. The molecular weight excluding hydrogens is 1610 g/mol. The van der Waals surface area contributed by atoms with Gasteiger partial charge in [-0.2, -0.15) is 80.5 Å². The van der Waals surface area contributed by atoms with Crippen LogP contribution >= 0.6 is 54.8 Å². The standard InChI is InChI=1S/C3H6F4NO5PS.C3H7FNO5PS.C3H5FNO5PS.C2H7FNO5PS.CH5FNO5PS.CH5FNO4PS.F2H2NO4PS.FH2NO5S2/c1-2(3(4,5)6)13-14(7,9)8-15(10,11)12;2*1-2-3-10-12(8,9)5-11(4,6)7;1-2-9-10(3,5)4-11(6,7)8;1-8-10(6,7)3-9(2,4)5;1-9(6,7)3-8(2,4)5;1-8(4,5)3-9(2,6)7;1-8(3,4)2-9(5,6)7/h2H,1H3,(H,8,9)(H,10,11,12);2H,1,3H2,(H2,5,6,7);1H,3H2,(H2,5,6,7);2H2,1H3,(H,4,5)(H,6,7,8);1H3,(H2,3,4,5);1H3,(H2,3,4,5);(H2,3,4,5);2H,(H,5,6,7). The lowest BCUT2D eigenvalue weighted by Crippen LogP contribution is -2.30. The van der Waals surface area contributed by atoms with Gasteiger partial charge < -0.3 is 24.5 Å². The number of hydrogen-bond donors (Lipinski definition) is 16. The van der Waals surface area contributed by atoms with Gasteiger partial charge in [0.2, 0.25) is 10.0 Å². The van der Waals surface area contributed by atoms with Gasteiger partial charge in [-0.05, 0) is 13.8 Å². The Bertz CT molecular complexity index is 3570. The molecule has 0 aliphatic heterocycles. The second-order valence-corrected chi connectivity index (χ2v) is 34.4. The Morgan fingerprint density at radius 2 is 0.851 bits per heavy atom. The van der Waals surface area contributed by atoms with Crippen molar-refractivity contribution in [1.29, 1.82) is 0 Å². The van der Waals surface area contributed by atoms with E-state index in [1.807, 2.05) is 0 Å². The summed E-state index contributed by atoms with van der Waals surface area (Å²) in [5, 5.41) is 0. The zero-order valence-electron chi connectivity index (χ0n) is 40.7. The molecule has 0 rings (SSSR count). The van der Waals surface area contributed by atoms with Crippen molar-refractivity contribution >= 4 is 147 Å². The summed E-state index contributed by atoms with van der Waals surface area (Å²) >= 11 is 0. The molecule has 8 atom stereocenters. The molecule has 0 aromatic rings.